The molecule has 0 saturated carbocycles. The van der Waals surface area contributed by atoms with Crippen LogP contribution >= 0.6 is 15.9 Å². The minimum atomic E-state index is -4.24. The van der Waals surface area contributed by atoms with E-state index >= 15 is 0 Å². The van der Waals surface area contributed by atoms with Crippen LogP contribution < -0.4 is 19.1 Å². The van der Waals surface area contributed by atoms with Crippen molar-refractivity contribution in [2.45, 2.75) is 50.7 Å². The molecule has 0 aromatic heterocycles. The van der Waals surface area contributed by atoms with Gasteiger partial charge < -0.3 is 19.7 Å². The summed E-state index contributed by atoms with van der Waals surface area (Å²) in [4.78, 5) is 28.7. The third kappa shape index (κ3) is 8.01. The predicted octanol–water partition coefficient (Wildman–Crippen LogP) is 4.99. The fraction of sp³-hybridized carbons (Fsp3) is 0.333. The number of amides is 2. The van der Waals surface area contributed by atoms with Crippen LogP contribution in [0.1, 0.15) is 32.8 Å². The molecule has 220 valence electrons. The molecule has 0 fully saturated rings. The lowest BCUT2D eigenvalue weighted by Crippen LogP contribution is -2.52. The monoisotopic (exact) mass is 645 g/mol. The Morgan fingerprint density at radius 3 is 2.20 bits per heavy atom. The van der Waals surface area contributed by atoms with Crippen molar-refractivity contribution < 1.29 is 27.5 Å². The van der Waals surface area contributed by atoms with Crippen LogP contribution in [0.4, 0.5) is 5.69 Å². The lowest BCUT2D eigenvalue weighted by atomic mass is 10.1. The van der Waals surface area contributed by atoms with E-state index in [0.29, 0.717) is 5.75 Å². The Hall–Kier alpha value is -3.57. The molecular formula is C30H36BrN3O6S. The number of sulfonamides is 1. The summed E-state index contributed by atoms with van der Waals surface area (Å²) in [6.45, 7) is 4.98. The second kappa shape index (κ2) is 14.4. The molecule has 0 saturated heterocycles. The number of hydrogen-bond donors (Lipinski definition) is 1. The summed E-state index contributed by atoms with van der Waals surface area (Å²) in [6.07, 6.45) is 0.720. The zero-order valence-electron chi connectivity index (χ0n) is 23.8. The molecule has 11 heteroatoms. The van der Waals surface area contributed by atoms with Crippen molar-refractivity contribution in [2.24, 2.45) is 0 Å². The first-order chi connectivity index (χ1) is 19.5. The van der Waals surface area contributed by atoms with Crippen LogP contribution in [-0.4, -0.2) is 58.0 Å². The van der Waals surface area contributed by atoms with Gasteiger partial charge in [0.15, 0.2) is 0 Å². The first kappa shape index (κ1) is 32.0. The van der Waals surface area contributed by atoms with E-state index in [9.17, 15) is 18.0 Å². The van der Waals surface area contributed by atoms with E-state index in [1.54, 1.807) is 37.3 Å². The van der Waals surface area contributed by atoms with Crippen LogP contribution in [0.2, 0.25) is 0 Å². The molecule has 0 bridgehead atoms. The van der Waals surface area contributed by atoms with E-state index in [4.69, 9.17) is 9.47 Å². The number of rotatable bonds is 13. The van der Waals surface area contributed by atoms with Crippen LogP contribution in [0.15, 0.2) is 82.2 Å². The number of methoxy groups -OCH3 is 2. The largest absolute Gasteiger partial charge is 0.497 e. The molecule has 0 aliphatic heterocycles. The van der Waals surface area contributed by atoms with Gasteiger partial charge in [0.05, 0.1) is 24.8 Å². The summed E-state index contributed by atoms with van der Waals surface area (Å²) in [6, 6.07) is 19.0. The number of benzene rings is 3. The normalized spacial score (nSPS) is 12.6. The third-order valence-corrected chi connectivity index (χ3v) is 9.00. The molecule has 0 heterocycles. The van der Waals surface area contributed by atoms with Crippen molar-refractivity contribution in [2.75, 3.05) is 25.1 Å². The highest BCUT2D eigenvalue weighted by molar-refractivity contribution is 9.10. The summed E-state index contributed by atoms with van der Waals surface area (Å²) in [7, 11) is -1.36. The second-order valence-electron chi connectivity index (χ2n) is 9.50. The van der Waals surface area contributed by atoms with Gasteiger partial charge in [-0.05, 0) is 62.2 Å². The highest BCUT2D eigenvalue weighted by Crippen LogP contribution is 2.36. The van der Waals surface area contributed by atoms with Crippen molar-refractivity contribution >= 4 is 43.5 Å². The Labute approximate surface area is 250 Å². The molecule has 9 nitrogen and oxygen atoms in total. The van der Waals surface area contributed by atoms with E-state index in [1.165, 1.54) is 37.3 Å². The number of ether oxygens (including phenoxy) is 2. The van der Waals surface area contributed by atoms with E-state index in [1.807, 2.05) is 38.1 Å². The van der Waals surface area contributed by atoms with Gasteiger partial charge in [-0.3, -0.25) is 13.9 Å². The minimum absolute atomic E-state index is 0.000283. The maximum Gasteiger partial charge on any atom is 0.264 e. The lowest BCUT2D eigenvalue weighted by molar-refractivity contribution is -0.139. The molecule has 0 unspecified atom stereocenters. The average Bonchev–Trinajstić information content (AvgIpc) is 2.98. The maximum absolute atomic E-state index is 14.1. The Kier molecular flexibility index (Phi) is 11.2. The maximum atomic E-state index is 14.1. The van der Waals surface area contributed by atoms with Gasteiger partial charge in [-0.25, -0.2) is 8.42 Å². The minimum Gasteiger partial charge on any atom is -0.497 e. The predicted molar refractivity (Wildman–Crippen MR) is 163 cm³/mol. The number of nitrogens with one attached hydrogen (secondary N) is 1. The van der Waals surface area contributed by atoms with Gasteiger partial charge >= 0.3 is 0 Å². The highest BCUT2D eigenvalue weighted by atomic mass is 79.9. The van der Waals surface area contributed by atoms with Crippen LogP contribution in [0, 0.1) is 0 Å². The van der Waals surface area contributed by atoms with E-state index in [0.717, 1.165) is 20.8 Å². The molecule has 2 atom stereocenters. The van der Waals surface area contributed by atoms with Crippen LogP contribution in [0.3, 0.4) is 0 Å². The highest BCUT2D eigenvalue weighted by Gasteiger charge is 2.34. The van der Waals surface area contributed by atoms with Gasteiger partial charge in [0.1, 0.15) is 24.1 Å². The van der Waals surface area contributed by atoms with Gasteiger partial charge in [0.25, 0.3) is 10.0 Å². The molecule has 1 N–H and O–H groups in total. The van der Waals surface area contributed by atoms with Crippen LogP contribution in [0.25, 0.3) is 0 Å². The molecule has 0 radical (unpaired) electrons. The summed E-state index contributed by atoms with van der Waals surface area (Å²) < 4.78 is 40.7. The Morgan fingerprint density at radius 1 is 0.951 bits per heavy atom. The first-order valence-electron chi connectivity index (χ1n) is 13.2. The summed E-state index contributed by atoms with van der Waals surface area (Å²) in [5.41, 5.74) is 0.908. The SMILES string of the molecule is CC[C@H](C)NC(=O)[C@H](C)N(Cc1ccc(Br)cc1)C(=O)CN(c1cc(OC)ccc1OC)S(=O)(=O)c1ccccc1. The molecule has 3 aromatic rings. The van der Waals surface area contributed by atoms with Gasteiger partial charge in [-0.15, -0.1) is 0 Å². The van der Waals surface area contributed by atoms with Gasteiger partial charge in [0, 0.05) is 23.1 Å². The van der Waals surface area contributed by atoms with E-state index in [-0.39, 0.29) is 34.8 Å². The summed E-state index contributed by atoms with van der Waals surface area (Å²) >= 11 is 3.42. The number of carbonyl (C=O) groups excluding carboxylic acids is 2. The van der Waals surface area contributed by atoms with Crippen LogP contribution in [-0.2, 0) is 26.2 Å². The third-order valence-electron chi connectivity index (χ3n) is 6.70. The summed E-state index contributed by atoms with van der Waals surface area (Å²) in [5, 5.41) is 2.93. The van der Waals surface area contributed by atoms with E-state index in [2.05, 4.69) is 21.2 Å². The van der Waals surface area contributed by atoms with Gasteiger partial charge in [0.2, 0.25) is 11.8 Å². The Morgan fingerprint density at radius 2 is 1.61 bits per heavy atom. The number of carbonyl (C=O) groups is 2. The molecule has 3 rings (SSSR count). The van der Waals surface area contributed by atoms with Crippen molar-refractivity contribution in [3.05, 3.63) is 82.8 Å². The second-order valence-corrected chi connectivity index (χ2v) is 12.3. The Bertz CT molecular complexity index is 1430. The number of halogens is 1. The molecular weight excluding hydrogens is 610 g/mol. The fourth-order valence-corrected chi connectivity index (χ4v) is 5.76. The van der Waals surface area contributed by atoms with Crippen molar-refractivity contribution in [3.63, 3.8) is 0 Å². The molecule has 41 heavy (non-hydrogen) atoms. The van der Waals surface area contributed by atoms with Gasteiger partial charge in [-0.1, -0.05) is 53.2 Å². The standard InChI is InChI=1S/C30H36BrN3O6S/c1-6-21(2)32-30(36)22(3)33(19-23-12-14-24(31)15-13-23)29(35)20-34(41(37,38)26-10-8-7-9-11-26)27-18-25(39-4)16-17-28(27)40-5/h7-18,21-22H,6,19-20H2,1-5H3,(H,32,36)/t21-,22-/m0/s1. The Balaban J connectivity index is 2.10. The zero-order chi connectivity index (χ0) is 30.2. The fourth-order valence-electron chi connectivity index (χ4n) is 4.06. The van der Waals surface area contributed by atoms with Crippen LogP contribution in [0.5, 0.6) is 11.5 Å². The average molecular weight is 647 g/mol. The molecule has 3 aromatic carbocycles. The van der Waals surface area contributed by atoms with Crippen molar-refractivity contribution in [1.82, 2.24) is 10.2 Å². The molecule has 0 spiro atoms. The number of hydrogen-bond acceptors (Lipinski definition) is 6. The number of anilines is 1. The molecule has 0 aliphatic carbocycles. The smallest absolute Gasteiger partial charge is 0.264 e. The van der Waals surface area contributed by atoms with Crippen molar-refractivity contribution in [3.8, 4) is 11.5 Å². The summed E-state index contributed by atoms with van der Waals surface area (Å²) in [5.74, 6) is -0.278. The molecule has 2 amide bonds. The topological polar surface area (TPSA) is 105 Å². The number of nitrogens with zero attached hydrogens (tertiary/aromatic N) is 2. The molecule has 0 aliphatic rings. The van der Waals surface area contributed by atoms with Crippen molar-refractivity contribution in [1.29, 1.82) is 0 Å². The first-order valence-corrected chi connectivity index (χ1v) is 15.4. The van der Waals surface area contributed by atoms with Gasteiger partial charge in [-0.2, -0.15) is 0 Å². The zero-order valence-corrected chi connectivity index (χ0v) is 26.2. The quantitative estimate of drug-likeness (QED) is 0.281. The lowest BCUT2D eigenvalue weighted by Gasteiger charge is -2.33. The van der Waals surface area contributed by atoms with E-state index < -0.39 is 28.5 Å².